The molecule has 0 radical (unpaired) electrons. The van der Waals surface area contributed by atoms with Crippen LogP contribution in [0.4, 0.5) is 0 Å². The Morgan fingerprint density at radius 2 is 1.79 bits per heavy atom. The largest absolute Gasteiger partial charge is 0.380 e. The highest BCUT2D eigenvalue weighted by atomic mass is 16.5. The molecule has 1 N–H and O–H groups in total. The van der Waals surface area contributed by atoms with Crippen molar-refractivity contribution in [1.29, 1.82) is 0 Å². The van der Waals surface area contributed by atoms with Gasteiger partial charge in [0, 0.05) is 19.2 Å². The lowest BCUT2D eigenvalue weighted by molar-refractivity contribution is 0.133. The molecule has 0 aromatic carbocycles. The Hall–Kier alpha value is -0.0800. The summed E-state index contributed by atoms with van der Waals surface area (Å²) in [4.78, 5) is 0. The van der Waals surface area contributed by atoms with Crippen LogP contribution >= 0.6 is 0 Å². The Morgan fingerprint density at radius 3 is 2.43 bits per heavy atom. The van der Waals surface area contributed by atoms with Crippen molar-refractivity contribution in [1.82, 2.24) is 5.32 Å². The van der Waals surface area contributed by atoms with E-state index in [-0.39, 0.29) is 0 Å². The van der Waals surface area contributed by atoms with E-state index in [1.54, 1.807) is 0 Å². The quantitative estimate of drug-likeness (QED) is 0.524. The van der Waals surface area contributed by atoms with E-state index in [0.29, 0.717) is 0 Å². The maximum Gasteiger partial charge on any atom is 0.0590 e. The maximum atomic E-state index is 5.44. The Bertz CT molecular complexity index is 119. The van der Waals surface area contributed by atoms with Crippen molar-refractivity contribution < 1.29 is 4.74 Å². The number of ether oxygens (including phenoxy) is 1. The molecule has 0 bridgehead atoms. The molecule has 1 rings (SSSR count). The lowest BCUT2D eigenvalue weighted by atomic mass is 10.1. The molecule has 0 aromatic rings. The molecule has 0 spiro atoms. The number of rotatable bonds is 6. The van der Waals surface area contributed by atoms with E-state index in [0.717, 1.165) is 32.2 Å². The van der Waals surface area contributed by atoms with Gasteiger partial charge in [-0.15, -0.1) is 0 Å². The van der Waals surface area contributed by atoms with Gasteiger partial charge in [0.1, 0.15) is 0 Å². The van der Waals surface area contributed by atoms with Crippen molar-refractivity contribution in [3.63, 3.8) is 0 Å². The topological polar surface area (TPSA) is 21.3 Å². The molecule has 1 fully saturated rings. The van der Waals surface area contributed by atoms with Crippen LogP contribution in [-0.2, 0) is 4.74 Å². The fraction of sp³-hybridized carbons (Fsp3) is 1.00. The first kappa shape index (κ1) is 12.0. The van der Waals surface area contributed by atoms with Crippen molar-refractivity contribution in [3.05, 3.63) is 0 Å². The van der Waals surface area contributed by atoms with Crippen LogP contribution in [0, 0.1) is 0 Å². The molecule has 0 unspecified atom stereocenters. The third kappa shape index (κ3) is 5.61. The van der Waals surface area contributed by atoms with Gasteiger partial charge in [-0.3, -0.25) is 0 Å². The van der Waals surface area contributed by atoms with Gasteiger partial charge in [0.2, 0.25) is 0 Å². The van der Waals surface area contributed by atoms with E-state index in [1.807, 2.05) is 0 Å². The first-order chi connectivity index (χ1) is 6.93. The van der Waals surface area contributed by atoms with E-state index in [4.69, 9.17) is 4.74 Å². The predicted molar refractivity (Wildman–Crippen MR) is 60.6 cm³/mol. The average molecular weight is 199 g/mol. The third-order valence-corrected chi connectivity index (χ3v) is 2.88. The van der Waals surface area contributed by atoms with Crippen LogP contribution in [0.15, 0.2) is 0 Å². The highest BCUT2D eigenvalue weighted by Gasteiger charge is 2.10. The summed E-state index contributed by atoms with van der Waals surface area (Å²) >= 11 is 0. The van der Waals surface area contributed by atoms with Gasteiger partial charge in [-0.2, -0.15) is 0 Å². The Labute approximate surface area is 88.4 Å². The van der Waals surface area contributed by atoms with Crippen LogP contribution in [0.5, 0.6) is 0 Å². The SMILES string of the molecule is CCCOCCNC1CCCCCC1. The van der Waals surface area contributed by atoms with Crippen molar-refractivity contribution in [3.8, 4) is 0 Å². The van der Waals surface area contributed by atoms with Crippen molar-refractivity contribution in [2.75, 3.05) is 19.8 Å². The van der Waals surface area contributed by atoms with E-state index in [9.17, 15) is 0 Å². The summed E-state index contributed by atoms with van der Waals surface area (Å²) in [6.45, 7) is 4.97. The average Bonchev–Trinajstić information content (AvgIpc) is 2.46. The molecule has 0 aliphatic heterocycles. The summed E-state index contributed by atoms with van der Waals surface area (Å²) in [5.74, 6) is 0. The van der Waals surface area contributed by atoms with Crippen LogP contribution in [0.3, 0.4) is 0 Å². The van der Waals surface area contributed by atoms with Crippen molar-refractivity contribution in [2.24, 2.45) is 0 Å². The van der Waals surface area contributed by atoms with Gasteiger partial charge >= 0.3 is 0 Å². The minimum atomic E-state index is 0.766. The molecule has 2 nitrogen and oxygen atoms in total. The monoisotopic (exact) mass is 199 g/mol. The summed E-state index contributed by atoms with van der Waals surface area (Å²) < 4.78 is 5.44. The second-order valence-electron chi connectivity index (χ2n) is 4.25. The van der Waals surface area contributed by atoms with Crippen molar-refractivity contribution in [2.45, 2.75) is 57.9 Å². The minimum absolute atomic E-state index is 0.766. The predicted octanol–water partition coefficient (Wildman–Crippen LogP) is 2.73. The lowest BCUT2D eigenvalue weighted by Gasteiger charge is -2.15. The first-order valence-corrected chi connectivity index (χ1v) is 6.24. The summed E-state index contributed by atoms with van der Waals surface area (Å²) in [5, 5.41) is 3.60. The normalized spacial score (nSPS) is 19.5. The second kappa shape index (κ2) is 8.25. The molecule has 0 aromatic heterocycles. The molecule has 1 aliphatic rings. The summed E-state index contributed by atoms with van der Waals surface area (Å²) in [6, 6.07) is 0.766. The van der Waals surface area contributed by atoms with Crippen molar-refractivity contribution >= 4 is 0 Å². The summed E-state index contributed by atoms with van der Waals surface area (Å²) in [6.07, 6.45) is 9.56. The molecule has 1 aliphatic carbocycles. The highest BCUT2D eigenvalue weighted by molar-refractivity contribution is 4.70. The minimum Gasteiger partial charge on any atom is -0.380 e. The van der Waals surface area contributed by atoms with Crippen LogP contribution in [0.1, 0.15) is 51.9 Å². The zero-order chi connectivity index (χ0) is 10.1. The Balaban J connectivity index is 1.93. The Kier molecular flexibility index (Phi) is 7.06. The zero-order valence-corrected chi connectivity index (χ0v) is 9.56. The van der Waals surface area contributed by atoms with Gasteiger partial charge in [0.05, 0.1) is 6.61 Å². The van der Waals surface area contributed by atoms with Gasteiger partial charge in [-0.25, -0.2) is 0 Å². The van der Waals surface area contributed by atoms with E-state index < -0.39 is 0 Å². The molecular formula is C12H25NO. The first-order valence-electron chi connectivity index (χ1n) is 6.24. The van der Waals surface area contributed by atoms with E-state index >= 15 is 0 Å². The molecule has 2 heteroatoms. The van der Waals surface area contributed by atoms with E-state index in [2.05, 4.69) is 12.2 Å². The van der Waals surface area contributed by atoms with Gasteiger partial charge in [-0.1, -0.05) is 32.6 Å². The smallest absolute Gasteiger partial charge is 0.0590 e. The van der Waals surface area contributed by atoms with Crippen LogP contribution in [-0.4, -0.2) is 25.8 Å². The molecule has 14 heavy (non-hydrogen) atoms. The molecule has 0 amide bonds. The number of hydrogen-bond acceptors (Lipinski definition) is 2. The molecule has 0 saturated heterocycles. The summed E-state index contributed by atoms with van der Waals surface area (Å²) in [5.41, 5.74) is 0. The molecule has 0 heterocycles. The molecular weight excluding hydrogens is 174 g/mol. The molecule has 0 atom stereocenters. The van der Waals surface area contributed by atoms with E-state index in [1.165, 1.54) is 38.5 Å². The van der Waals surface area contributed by atoms with Gasteiger partial charge in [0.15, 0.2) is 0 Å². The highest BCUT2D eigenvalue weighted by Crippen LogP contribution is 2.16. The number of nitrogens with one attached hydrogen (secondary N) is 1. The fourth-order valence-corrected chi connectivity index (χ4v) is 2.07. The fourth-order valence-electron chi connectivity index (χ4n) is 2.07. The lowest BCUT2D eigenvalue weighted by Crippen LogP contribution is -2.31. The molecule has 84 valence electrons. The second-order valence-corrected chi connectivity index (χ2v) is 4.25. The van der Waals surface area contributed by atoms with Crippen LogP contribution < -0.4 is 5.32 Å². The van der Waals surface area contributed by atoms with Gasteiger partial charge in [-0.05, 0) is 19.3 Å². The standard InChI is InChI=1S/C12H25NO/c1-2-10-14-11-9-13-12-7-5-3-4-6-8-12/h12-13H,2-11H2,1H3. The van der Waals surface area contributed by atoms with Crippen LogP contribution in [0.2, 0.25) is 0 Å². The molecule has 1 saturated carbocycles. The Morgan fingerprint density at radius 1 is 1.07 bits per heavy atom. The zero-order valence-electron chi connectivity index (χ0n) is 9.56. The van der Waals surface area contributed by atoms with Crippen LogP contribution in [0.25, 0.3) is 0 Å². The van der Waals surface area contributed by atoms with Gasteiger partial charge < -0.3 is 10.1 Å². The summed E-state index contributed by atoms with van der Waals surface area (Å²) in [7, 11) is 0. The maximum absolute atomic E-state index is 5.44. The number of hydrogen-bond donors (Lipinski definition) is 1. The third-order valence-electron chi connectivity index (χ3n) is 2.88. The van der Waals surface area contributed by atoms with Gasteiger partial charge in [0.25, 0.3) is 0 Å².